The molecule has 1 aliphatic rings. The van der Waals surface area contributed by atoms with Gasteiger partial charge < -0.3 is 33.2 Å². The monoisotopic (exact) mass is 350 g/mol. The molecule has 1 fully saturated rings. The van der Waals surface area contributed by atoms with Crippen LogP contribution in [0.4, 0.5) is 0 Å². The van der Waals surface area contributed by atoms with Crippen LogP contribution in [-0.2, 0) is 42.7 Å². The van der Waals surface area contributed by atoms with Crippen molar-refractivity contribution in [2.45, 2.75) is 50.7 Å². The van der Waals surface area contributed by atoms with Crippen LogP contribution in [0.1, 0.15) is 13.8 Å². The van der Waals surface area contributed by atoms with Crippen LogP contribution in [0.25, 0.3) is 0 Å². The molecule has 0 aliphatic carbocycles. The van der Waals surface area contributed by atoms with Gasteiger partial charge in [0, 0.05) is 42.3 Å². The lowest BCUT2D eigenvalue weighted by Crippen LogP contribution is -2.64. The van der Waals surface area contributed by atoms with Gasteiger partial charge >= 0.3 is 11.9 Å². The van der Waals surface area contributed by atoms with Crippen LogP contribution in [0, 0.1) is 0 Å². The Balaban J connectivity index is 3.22. The number of carbonyl (C=O) groups excluding carboxylic acids is 2. The van der Waals surface area contributed by atoms with Gasteiger partial charge in [0.1, 0.15) is 18.3 Å². The number of hydrogen-bond acceptors (Lipinski definition) is 9. The van der Waals surface area contributed by atoms with E-state index in [1.54, 1.807) is 0 Å². The predicted molar refractivity (Wildman–Crippen MR) is 80.2 cm³/mol. The number of esters is 2. The second-order valence-electron chi connectivity index (χ2n) is 5.28. The third-order valence-corrected chi connectivity index (χ3v) is 3.64. The fourth-order valence-corrected chi connectivity index (χ4v) is 2.69. The Morgan fingerprint density at radius 2 is 1.50 bits per heavy atom. The van der Waals surface area contributed by atoms with E-state index < -0.39 is 48.7 Å². The molecule has 0 aromatic heterocycles. The molecule has 0 amide bonds. The molecule has 140 valence electrons. The molecule has 1 aliphatic heterocycles. The van der Waals surface area contributed by atoms with Crippen molar-refractivity contribution in [1.29, 1.82) is 0 Å². The van der Waals surface area contributed by atoms with E-state index in [1.165, 1.54) is 42.3 Å². The second kappa shape index (κ2) is 9.90. The average molecular weight is 350 g/mol. The number of carbonyl (C=O) groups is 2. The van der Waals surface area contributed by atoms with Gasteiger partial charge in [0.15, 0.2) is 18.5 Å². The van der Waals surface area contributed by atoms with E-state index in [9.17, 15) is 9.59 Å². The lowest BCUT2D eigenvalue weighted by Gasteiger charge is -2.45. The van der Waals surface area contributed by atoms with Crippen LogP contribution in [0.3, 0.4) is 0 Å². The van der Waals surface area contributed by atoms with Gasteiger partial charge in [-0.15, -0.1) is 0 Å². The zero-order valence-corrected chi connectivity index (χ0v) is 14.8. The van der Waals surface area contributed by atoms with Crippen molar-refractivity contribution in [3.8, 4) is 0 Å². The second-order valence-corrected chi connectivity index (χ2v) is 5.28. The largest absolute Gasteiger partial charge is 0.456 e. The average Bonchev–Trinajstić information content (AvgIpc) is 2.53. The van der Waals surface area contributed by atoms with Gasteiger partial charge in [-0.3, -0.25) is 9.59 Å². The highest BCUT2D eigenvalue weighted by atomic mass is 16.7. The summed E-state index contributed by atoms with van der Waals surface area (Å²) in [6, 6.07) is 0. The third-order valence-electron chi connectivity index (χ3n) is 3.64. The Kier molecular flexibility index (Phi) is 8.57. The van der Waals surface area contributed by atoms with Crippen molar-refractivity contribution in [2.24, 2.45) is 0 Å². The number of hydrogen-bond donors (Lipinski definition) is 0. The van der Waals surface area contributed by atoms with Crippen molar-refractivity contribution >= 4 is 11.9 Å². The van der Waals surface area contributed by atoms with Crippen molar-refractivity contribution in [2.75, 3.05) is 35.0 Å². The fourth-order valence-electron chi connectivity index (χ4n) is 2.69. The van der Waals surface area contributed by atoms with Crippen LogP contribution in [0.2, 0.25) is 0 Å². The molecule has 1 saturated heterocycles. The van der Waals surface area contributed by atoms with Gasteiger partial charge in [0.25, 0.3) is 0 Å². The minimum absolute atomic E-state index is 0.180. The molecule has 0 spiro atoms. The highest BCUT2D eigenvalue weighted by Crippen LogP contribution is 2.31. The molecule has 6 atom stereocenters. The summed E-state index contributed by atoms with van der Waals surface area (Å²) < 4.78 is 37.7. The molecule has 9 nitrogen and oxygen atoms in total. The zero-order chi connectivity index (χ0) is 18.3. The van der Waals surface area contributed by atoms with E-state index in [2.05, 4.69) is 0 Å². The summed E-state index contributed by atoms with van der Waals surface area (Å²) in [7, 11) is 5.83. The third kappa shape index (κ3) is 5.12. The van der Waals surface area contributed by atoms with Crippen LogP contribution in [-0.4, -0.2) is 83.8 Å². The van der Waals surface area contributed by atoms with Crippen LogP contribution in [0.15, 0.2) is 0 Å². The number of rotatable bonds is 8. The Bertz CT molecular complexity index is 412. The Morgan fingerprint density at radius 3 is 1.92 bits per heavy atom. The standard InChI is InChI=1S/C15H26O9/c1-8(16)22-12-11(10(19-4)7-18-3)24-15(21-6)14(20-5)13(12)23-9(2)17/h10-15H,7H2,1-6H3/t10-,11-,12-,13+,14-,15?/m1/s1. The zero-order valence-electron chi connectivity index (χ0n) is 14.8. The van der Waals surface area contributed by atoms with Gasteiger partial charge in [-0.25, -0.2) is 0 Å². The van der Waals surface area contributed by atoms with Gasteiger partial charge in [0.05, 0.1) is 6.61 Å². The quantitative estimate of drug-likeness (QED) is 0.556. The van der Waals surface area contributed by atoms with Gasteiger partial charge in [-0.05, 0) is 0 Å². The van der Waals surface area contributed by atoms with Gasteiger partial charge in [-0.1, -0.05) is 0 Å². The topological polar surface area (TPSA) is 98.8 Å². The molecule has 0 N–H and O–H groups in total. The molecule has 9 heteroatoms. The van der Waals surface area contributed by atoms with Crippen molar-refractivity contribution in [3.63, 3.8) is 0 Å². The molecular weight excluding hydrogens is 324 g/mol. The predicted octanol–water partition coefficient (Wildman–Crippen LogP) is -0.102. The van der Waals surface area contributed by atoms with E-state index >= 15 is 0 Å². The molecule has 0 aromatic rings. The van der Waals surface area contributed by atoms with Gasteiger partial charge in [-0.2, -0.15) is 0 Å². The lowest BCUT2D eigenvalue weighted by atomic mass is 9.94. The minimum Gasteiger partial charge on any atom is -0.456 e. The molecule has 1 heterocycles. The maximum Gasteiger partial charge on any atom is 0.303 e. The van der Waals surface area contributed by atoms with Crippen molar-refractivity contribution < 1.29 is 42.7 Å². The lowest BCUT2D eigenvalue weighted by molar-refractivity contribution is -0.315. The van der Waals surface area contributed by atoms with E-state index in [1.807, 2.05) is 0 Å². The molecular formula is C15H26O9. The van der Waals surface area contributed by atoms with E-state index in [4.69, 9.17) is 33.2 Å². The van der Waals surface area contributed by atoms with Gasteiger partial charge in [0.2, 0.25) is 0 Å². The number of ether oxygens (including phenoxy) is 7. The first-order valence-corrected chi connectivity index (χ1v) is 7.46. The summed E-state index contributed by atoms with van der Waals surface area (Å²) in [6.07, 6.45) is -4.84. The smallest absolute Gasteiger partial charge is 0.303 e. The summed E-state index contributed by atoms with van der Waals surface area (Å²) in [6.45, 7) is 2.69. The van der Waals surface area contributed by atoms with Crippen LogP contribution < -0.4 is 0 Å². The fraction of sp³-hybridized carbons (Fsp3) is 0.867. The van der Waals surface area contributed by atoms with E-state index in [-0.39, 0.29) is 6.61 Å². The molecule has 24 heavy (non-hydrogen) atoms. The first-order chi connectivity index (χ1) is 11.4. The maximum atomic E-state index is 11.5. The molecule has 1 rings (SSSR count). The van der Waals surface area contributed by atoms with E-state index in [0.717, 1.165) is 0 Å². The first kappa shape index (κ1) is 20.8. The van der Waals surface area contributed by atoms with Crippen molar-refractivity contribution in [3.05, 3.63) is 0 Å². The van der Waals surface area contributed by atoms with Crippen molar-refractivity contribution in [1.82, 2.24) is 0 Å². The molecule has 0 aromatic carbocycles. The summed E-state index contributed by atoms with van der Waals surface area (Å²) in [5.41, 5.74) is 0. The highest BCUT2D eigenvalue weighted by molar-refractivity contribution is 5.67. The Labute approximate surface area is 141 Å². The SMILES string of the molecule is COC[C@@H](OC)[C@H]1OC(OC)[C@H](OC)[C@@H](OC(C)=O)[C@@H]1OC(C)=O. The number of methoxy groups -OCH3 is 4. The minimum atomic E-state index is -0.942. The normalized spacial score (nSPS) is 31.3. The summed E-state index contributed by atoms with van der Waals surface area (Å²) >= 11 is 0. The Hall–Kier alpha value is -1.26. The van der Waals surface area contributed by atoms with Crippen LogP contribution >= 0.6 is 0 Å². The maximum absolute atomic E-state index is 11.5. The molecule has 0 saturated carbocycles. The molecule has 1 unspecified atom stereocenters. The summed E-state index contributed by atoms with van der Waals surface area (Å²) in [4.78, 5) is 23.1. The highest BCUT2D eigenvalue weighted by Gasteiger charge is 2.53. The summed E-state index contributed by atoms with van der Waals surface area (Å²) in [5.74, 6) is -1.10. The Morgan fingerprint density at radius 1 is 0.917 bits per heavy atom. The summed E-state index contributed by atoms with van der Waals surface area (Å²) in [5, 5.41) is 0. The van der Waals surface area contributed by atoms with Crippen LogP contribution in [0.5, 0.6) is 0 Å². The van der Waals surface area contributed by atoms with E-state index in [0.29, 0.717) is 0 Å². The first-order valence-electron chi connectivity index (χ1n) is 7.46. The molecule has 0 bridgehead atoms. The molecule has 0 radical (unpaired) electrons.